The lowest BCUT2D eigenvalue weighted by Crippen LogP contribution is -2.26. The molecule has 0 aliphatic rings. The van der Waals surface area contributed by atoms with Crippen LogP contribution in [0.5, 0.6) is 0 Å². The third-order valence-corrected chi connectivity index (χ3v) is 7.01. The zero-order valence-electron chi connectivity index (χ0n) is 17.2. The van der Waals surface area contributed by atoms with Gasteiger partial charge in [0.2, 0.25) is 5.91 Å². The Morgan fingerprint density at radius 2 is 1.75 bits per heavy atom. The number of amides is 1. The number of thiophene rings is 1. The second-order valence-corrected chi connectivity index (χ2v) is 9.52. The number of carbonyl (C=O) groups is 1. The van der Waals surface area contributed by atoms with Crippen molar-refractivity contribution in [3.05, 3.63) is 94.6 Å². The van der Waals surface area contributed by atoms with Crippen molar-refractivity contribution in [1.29, 1.82) is 0 Å². The Bertz CT molecular complexity index is 1490. The normalized spacial score (nSPS) is 12.2. The van der Waals surface area contributed by atoms with Gasteiger partial charge in [0, 0.05) is 5.69 Å². The Hall–Kier alpha value is -3.42. The Morgan fingerprint density at radius 3 is 2.56 bits per heavy atom. The predicted octanol–water partition coefficient (Wildman–Crippen LogP) is 5.72. The van der Waals surface area contributed by atoms with E-state index in [1.54, 1.807) is 10.6 Å². The zero-order valence-corrected chi connectivity index (χ0v) is 18.8. The SMILES string of the molecule is CC(Sc1nc2sccc2c(=O)n1-c1ccccc1)C(=O)Nc1ccc2ccccc2c1. The number of rotatable bonds is 5. The van der Waals surface area contributed by atoms with E-state index in [9.17, 15) is 9.59 Å². The summed E-state index contributed by atoms with van der Waals surface area (Å²) in [4.78, 5) is 31.5. The van der Waals surface area contributed by atoms with Gasteiger partial charge in [-0.2, -0.15) is 0 Å². The van der Waals surface area contributed by atoms with Gasteiger partial charge in [-0.05, 0) is 53.4 Å². The van der Waals surface area contributed by atoms with E-state index in [1.165, 1.54) is 23.1 Å². The molecule has 2 heterocycles. The smallest absolute Gasteiger partial charge is 0.267 e. The average Bonchev–Trinajstić information content (AvgIpc) is 3.29. The molecule has 0 saturated heterocycles. The maximum Gasteiger partial charge on any atom is 0.267 e. The van der Waals surface area contributed by atoms with Crippen LogP contribution in [0.3, 0.4) is 0 Å². The Balaban J connectivity index is 1.45. The van der Waals surface area contributed by atoms with Crippen molar-refractivity contribution in [3.63, 3.8) is 0 Å². The number of hydrogen-bond donors (Lipinski definition) is 1. The Labute approximate surface area is 192 Å². The highest BCUT2D eigenvalue weighted by Crippen LogP contribution is 2.28. The van der Waals surface area contributed by atoms with Gasteiger partial charge in [-0.15, -0.1) is 11.3 Å². The molecular weight excluding hydrogens is 438 g/mol. The first kappa shape index (κ1) is 20.5. The van der Waals surface area contributed by atoms with Crippen LogP contribution in [0.4, 0.5) is 5.69 Å². The van der Waals surface area contributed by atoms with Crippen molar-refractivity contribution in [2.24, 2.45) is 0 Å². The molecule has 1 atom stereocenters. The molecule has 32 heavy (non-hydrogen) atoms. The molecule has 7 heteroatoms. The van der Waals surface area contributed by atoms with Crippen molar-refractivity contribution in [3.8, 4) is 5.69 Å². The van der Waals surface area contributed by atoms with Crippen LogP contribution >= 0.6 is 23.1 Å². The van der Waals surface area contributed by atoms with E-state index in [0.29, 0.717) is 15.4 Å². The summed E-state index contributed by atoms with van der Waals surface area (Å²) >= 11 is 2.70. The molecule has 1 unspecified atom stereocenters. The van der Waals surface area contributed by atoms with Crippen LogP contribution in [-0.2, 0) is 4.79 Å². The number of nitrogens with one attached hydrogen (secondary N) is 1. The van der Waals surface area contributed by atoms with Crippen LogP contribution in [0, 0.1) is 0 Å². The number of aromatic nitrogens is 2. The van der Waals surface area contributed by atoms with Crippen LogP contribution < -0.4 is 10.9 Å². The summed E-state index contributed by atoms with van der Waals surface area (Å²) in [5, 5.41) is 7.65. The second kappa shape index (κ2) is 8.61. The van der Waals surface area contributed by atoms with Crippen LogP contribution in [0.1, 0.15) is 6.92 Å². The standard InChI is InChI=1S/C25H19N3O2S2/c1-16(22(29)26-19-12-11-17-7-5-6-8-18(17)15-19)32-25-27-23-21(13-14-31-23)24(30)28(25)20-9-3-2-4-10-20/h2-16H,1H3,(H,26,29). The van der Waals surface area contributed by atoms with E-state index in [-0.39, 0.29) is 11.5 Å². The van der Waals surface area contributed by atoms with E-state index in [4.69, 9.17) is 4.98 Å². The molecule has 158 valence electrons. The summed E-state index contributed by atoms with van der Waals surface area (Å²) in [5.74, 6) is -0.148. The zero-order chi connectivity index (χ0) is 22.1. The summed E-state index contributed by atoms with van der Waals surface area (Å²) in [6.07, 6.45) is 0. The minimum atomic E-state index is -0.458. The fourth-order valence-electron chi connectivity index (χ4n) is 3.50. The molecule has 0 radical (unpaired) electrons. The number of benzene rings is 3. The molecule has 0 fully saturated rings. The summed E-state index contributed by atoms with van der Waals surface area (Å²) in [7, 11) is 0. The van der Waals surface area contributed by atoms with Gasteiger partial charge >= 0.3 is 0 Å². The van der Waals surface area contributed by atoms with Crippen molar-refractivity contribution in [2.75, 3.05) is 5.32 Å². The van der Waals surface area contributed by atoms with Crippen LogP contribution in [0.25, 0.3) is 26.7 Å². The van der Waals surface area contributed by atoms with Crippen LogP contribution in [-0.4, -0.2) is 20.7 Å². The Kier molecular flexibility index (Phi) is 5.51. The molecule has 0 saturated carbocycles. The highest BCUT2D eigenvalue weighted by molar-refractivity contribution is 8.00. The van der Waals surface area contributed by atoms with Gasteiger partial charge in [0.15, 0.2) is 5.16 Å². The van der Waals surface area contributed by atoms with Crippen molar-refractivity contribution in [1.82, 2.24) is 9.55 Å². The number of hydrogen-bond acceptors (Lipinski definition) is 5. The molecule has 3 aromatic carbocycles. The summed E-state index contributed by atoms with van der Waals surface area (Å²) in [6.45, 7) is 1.82. The summed E-state index contributed by atoms with van der Waals surface area (Å²) in [6, 6.07) is 25.0. The van der Waals surface area contributed by atoms with E-state index in [1.807, 2.05) is 85.1 Å². The third-order valence-electron chi connectivity index (χ3n) is 5.15. The minimum Gasteiger partial charge on any atom is -0.325 e. The summed E-state index contributed by atoms with van der Waals surface area (Å²) < 4.78 is 1.58. The number of fused-ring (bicyclic) bond motifs is 2. The monoisotopic (exact) mass is 457 g/mol. The molecule has 5 nitrogen and oxygen atoms in total. The van der Waals surface area contributed by atoms with Crippen molar-refractivity contribution in [2.45, 2.75) is 17.3 Å². The van der Waals surface area contributed by atoms with Gasteiger partial charge in [0.1, 0.15) is 4.83 Å². The minimum absolute atomic E-state index is 0.132. The second-order valence-electron chi connectivity index (χ2n) is 7.32. The maximum absolute atomic E-state index is 13.2. The lowest BCUT2D eigenvalue weighted by atomic mass is 10.1. The largest absolute Gasteiger partial charge is 0.325 e. The van der Waals surface area contributed by atoms with Gasteiger partial charge < -0.3 is 5.32 Å². The van der Waals surface area contributed by atoms with Gasteiger partial charge in [-0.1, -0.05) is 60.3 Å². The van der Waals surface area contributed by atoms with E-state index < -0.39 is 5.25 Å². The van der Waals surface area contributed by atoms with E-state index in [0.717, 1.165) is 22.1 Å². The maximum atomic E-state index is 13.2. The summed E-state index contributed by atoms with van der Waals surface area (Å²) in [5.41, 5.74) is 1.33. The topological polar surface area (TPSA) is 64.0 Å². The lowest BCUT2D eigenvalue weighted by Gasteiger charge is -2.16. The molecule has 1 amide bonds. The molecular formula is C25H19N3O2S2. The van der Waals surface area contributed by atoms with Gasteiger partial charge in [-0.25, -0.2) is 4.98 Å². The fourth-order valence-corrected chi connectivity index (χ4v) is 5.23. The Morgan fingerprint density at radius 1 is 1.00 bits per heavy atom. The molecule has 0 bridgehead atoms. The molecule has 0 aliphatic heterocycles. The van der Waals surface area contributed by atoms with Crippen molar-refractivity contribution >= 4 is 55.7 Å². The van der Waals surface area contributed by atoms with E-state index in [2.05, 4.69) is 5.32 Å². The predicted molar refractivity (Wildman–Crippen MR) is 133 cm³/mol. The number of nitrogens with zero attached hydrogens (tertiary/aromatic N) is 2. The number of anilines is 1. The number of thioether (sulfide) groups is 1. The lowest BCUT2D eigenvalue weighted by molar-refractivity contribution is -0.115. The third kappa shape index (κ3) is 3.92. The van der Waals surface area contributed by atoms with Gasteiger partial charge in [0.25, 0.3) is 5.56 Å². The number of carbonyl (C=O) groups excluding carboxylic acids is 1. The molecule has 2 aromatic heterocycles. The molecule has 0 aliphatic carbocycles. The molecule has 5 aromatic rings. The van der Waals surface area contributed by atoms with Crippen molar-refractivity contribution < 1.29 is 4.79 Å². The fraction of sp³-hybridized carbons (Fsp3) is 0.0800. The van der Waals surface area contributed by atoms with Crippen LogP contribution in [0.15, 0.2) is 94.2 Å². The molecule has 5 rings (SSSR count). The average molecular weight is 458 g/mol. The first-order valence-corrected chi connectivity index (χ1v) is 11.9. The first-order chi connectivity index (χ1) is 15.6. The quantitative estimate of drug-likeness (QED) is 0.271. The first-order valence-electron chi connectivity index (χ1n) is 10.1. The molecule has 0 spiro atoms. The van der Waals surface area contributed by atoms with Gasteiger partial charge in [-0.3, -0.25) is 14.2 Å². The van der Waals surface area contributed by atoms with Crippen LogP contribution in [0.2, 0.25) is 0 Å². The van der Waals surface area contributed by atoms with E-state index >= 15 is 0 Å². The highest BCUT2D eigenvalue weighted by atomic mass is 32.2. The number of para-hydroxylation sites is 1. The molecule has 1 N–H and O–H groups in total. The van der Waals surface area contributed by atoms with Gasteiger partial charge in [0.05, 0.1) is 16.3 Å². The highest BCUT2D eigenvalue weighted by Gasteiger charge is 2.21.